The van der Waals surface area contributed by atoms with E-state index in [0.717, 1.165) is 60.9 Å². The number of nitrogens with one attached hydrogen (secondary N) is 2. The summed E-state index contributed by atoms with van der Waals surface area (Å²) in [6.07, 6.45) is 0.502. The SMILES string of the molecule is COc1cc2c(cc1-c1c(C)noc1C)[nH]c1nc(C)nc(-c3ccc(C(=O)NCCCO)c4ccccc34)c12. The number of H-pyrrole nitrogens is 1. The van der Waals surface area contributed by atoms with E-state index in [2.05, 4.69) is 15.5 Å². The third kappa shape index (κ3) is 4.15. The summed E-state index contributed by atoms with van der Waals surface area (Å²) in [5, 5.41) is 19.6. The molecule has 3 aromatic carbocycles. The van der Waals surface area contributed by atoms with Crippen LogP contribution >= 0.6 is 0 Å². The van der Waals surface area contributed by atoms with Crippen LogP contribution in [0.2, 0.25) is 0 Å². The van der Waals surface area contributed by atoms with E-state index in [9.17, 15) is 4.79 Å². The molecule has 0 fully saturated rings. The van der Waals surface area contributed by atoms with Crippen molar-refractivity contribution in [1.29, 1.82) is 0 Å². The fraction of sp³-hybridized carbons (Fsp3) is 0.226. The number of ether oxygens (including phenoxy) is 1. The van der Waals surface area contributed by atoms with Crippen LogP contribution < -0.4 is 10.1 Å². The van der Waals surface area contributed by atoms with Gasteiger partial charge in [-0.3, -0.25) is 4.79 Å². The second kappa shape index (κ2) is 10.1. The average Bonchev–Trinajstić information content (AvgIpc) is 3.48. The first-order chi connectivity index (χ1) is 19.4. The predicted molar refractivity (Wildman–Crippen MR) is 155 cm³/mol. The molecule has 9 nitrogen and oxygen atoms in total. The number of carbonyl (C=O) groups excluding carboxylic acids is 1. The Morgan fingerprint density at radius 1 is 1.02 bits per heavy atom. The van der Waals surface area contributed by atoms with E-state index in [1.807, 2.05) is 69.3 Å². The number of benzene rings is 3. The van der Waals surface area contributed by atoms with Crippen LogP contribution in [0.1, 0.15) is 34.1 Å². The van der Waals surface area contributed by atoms with Gasteiger partial charge in [0.15, 0.2) is 0 Å². The lowest BCUT2D eigenvalue weighted by molar-refractivity contribution is 0.0953. The Balaban J connectivity index is 1.59. The molecule has 0 unspecified atom stereocenters. The minimum Gasteiger partial charge on any atom is -0.496 e. The molecular weight excluding hydrogens is 506 g/mol. The van der Waals surface area contributed by atoms with Gasteiger partial charge in [0.05, 0.1) is 29.4 Å². The summed E-state index contributed by atoms with van der Waals surface area (Å²) < 4.78 is 11.3. The summed E-state index contributed by atoms with van der Waals surface area (Å²) in [5.74, 6) is 1.86. The average molecular weight is 536 g/mol. The summed E-state index contributed by atoms with van der Waals surface area (Å²) in [6.45, 7) is 6.10. The number of aryl methyl sites for hydroxylation is 3. The number of aliphatic hydroxyl groups excluding tert-OH is 1. The van der Waals surface area contributed by atoms with Crippen LogP contribution in [0.25, 0.3) is 55.1 Å². The second-order valence-corrected chi connectivity index (χ2v) is 9.80. The van der Waals surface area contributed by atoms with Crippen LogP contribution in [-0.4, -0.2) is 51.4 Å². The number of aliphatic hydroxyl groups is 1. The van der Waals surface area contributed by atoms with E-state index in [-0.39, 0.29) is 12.5 Å². The molecule has 0 bridgehead atoms. The monoisotopic (exact) mass is 535 g/mol. The van der Waals surface area contributed by atoms with Crippen molar-refractivity contribution in [2.24, 2.45) is 0 Å². The highest BCUT2D eigenvalue weighted by Crippen LogP contribution is 2.42. The highest BCUT2D eigenvalue weighted by Gasteiger charge is 2.22. The van der Waals surface area contributed by atoms with Gasteiger partial charge >= 0.3 is 0 Å². The molecule has 0 aliphatic heterocycles. The topological polar surface area (TPSA) is 126 Å². The molecule has 3 aromatic heterocycles. The molecule has 0 aliphatic rings. The lowest BCUT2D eigenvalue weighted by atomic mass is 9.95. The number of hydrogen-bond acceptors (Lipinski definition) is 7. The summed E-state index contributed by atoms with van der Waals surface area (Å²) in [6, 6.07) is 15.6. The maximum atomic E-state index is 13.0. The summed E-state index contributed by atoms with van der Waals surface area (Å²) in [5.41, 5.74) is 6.40. The first kappa shape index (κ1) is 25.5. The summed E-state index contributed by atoms with van der Waals surface area (Å²) in [4.78, 5) is 26.1. The normalized spacial score (nSPS) is 11.5. The quantitative estimate of drug-likeness (QED) is 0.226. The molecule has 3 heterocycles. The molecule has 0 radical (unpaired) electrons. The maximum Gasteiger partial charge on any atom is 0.251 e. The van der Waals surface area contributed by atoms with Gasteiger partial charge in [-0.15, -0.1) is 0 Å². The van der Waals surface area contributed by atoms with Gasteiger partial charge in [0.1, 0.15) is 23.0 Å². The Bertz CT molecular complexity index is 1900. The second-order valence-electron chi connectivity index (χ2n) is 9.80. The molecule has 0 spiro atoms. The Hall–Kier alpha value is -4.76. The van der Waals surface area contributed by atoms with E-state index in [1.54, 1.807) is 7.11 Å². The number of aromatic nitrogens is 4. The zero-order chi connectivity index (χ0) is 28.0. The number of carbonyl (C=O) groups is 1. The summed E-state index contributed by atoms with van der Waals surface area (Å²) >= 11 is 0. The number of aromatic amines is 1. The van der Waals surface area contributed by atoms with Gasteiger partial charge in [0.2, 0.25) is 0 Å². The molecule has 6 aromatic rings. The van der Waals surface area contributed by atoms with Crippen LogP contribution in [-0.2, 0) is 0 Å². The lowest BCUT2D eigenvalue weighted by Gasteiger charge is -2.13. The molecule has 202 valence electrons. The zero-order valence-corrected chi connectivity index (χ0v) is 22.8. The van der Waals surface area contributed by atoms with Crippen molar-refractivity contribution in [2.75, 3.05) is 20.3 Å². The predicted octanol–water partition coefficient (Wildman–Crippen LogP) is 5.63. The lowest BCUT2D eigenvalue weighted by Crippen LogP contribution is -2.25. The third-order valence-electron chi connectivity index (χ3n) is 7.23. The van der Waals surface area contributed by atoms with Gasteiger partial charge in [-0.25, -0.2) is 9.97 Å². The molecule has 6 rings (SSSR count). The van der Waals surface area contributed by atoms with E-state index in [4.69, 9.17) is 24.3 Å². The van der Waals surface area contributed by atoms with Gasteiger partial charge in [-0.05, 0) is 56.2 Å². The van der Waals surface area contributed by atoms with E-state index in [1.165, 1.54) is 0 Å². The molecule has 0 aliphatic carbocycles. The maximum absolute atomic E-state index is 13.0. The van der Waals surface area contributed by atoms with Gasteiger partial charge in [-0.2, -0.15) is 0 Å². The Morgan fingerprint density at radius 2 is 1.82 bits per heavy atom. The molecule has 3 N–H and O–H groups in total. The molecule has 9 heteroatoms. The van der Waals surface area contributed by atoms with Gasteiger partial charge < -0.3 is 24.7 Å². The fourth-order valence-corrected chi connectivity index (χ4v) is 5.44. The molecular formula is C31H29N5O4. The van der Waals surface area contributed by atoms with Crippen molar-refractivity contribution >= 4 is 38.6 Å². The number of methoxy groups -OCH3 is 1. The Labute approximate surface area is 230 Å². The number of fused-ring (bicyclic) bond motifs is 4. The largest absolute Gasteiger partial charge is 0.496 e. The van der Waals surface area contributed by atoms with Crippen molar-refractivity contribution in [1.82, 2.24) is 25.4 Å². The standard InChI is InChI=1S/C31H29N5O4/c1-16-27(17(2)40-36-16)24-14-25-23(15-26(24)39-4)28-29(33-18(3)34-30(28)35-25)21-10-11-22(31(38)32-12-7-13-37)20-9-6-5-8-19(20)21/h5-6,8-11,14-15,37H,7,12-13H2,1-4H3,(H,32,38)(H,33,34,35). The van der Waals surface area contributed by atoms with Crippen molar-refractivity contribution in [3.63, 3.8) is 0 Å². The van der Waals surface area contributed by atoms with Crippen molar-refractivity contribution < 1.29 is 19.2 Å². The van der Waals surface area contributed by atoms with Crippen LogP contribution in [0.5, 0.6) is 5.75 Å². The highest BCUT2D eigenvalue weighted by molar-refractivity contribution is 6.17. The molecule has 40 heavy (non-hydrogen) atoms. The van der Waals surface area contributed by atoms with Gasteiger partial charge in [0.25, 0.3) is 5.91 Å². The minimum atomic E-state index is -0.177. The first-order valence-electron chi connectivity index (χ1n) is 13.1. The zero-order valence-electron chi connectivity index (χ0n) is 22.8. The van der Waals surface area contributed by atoms with E-state index >= 15 is 0 Å². The number of amides is 1. The van der Waals surface area contributed by atoms with E-state index < -0.39 is 0 Å². The third-order valence-corrected chi connectivity index (χ3v) is 7.23. The minimum absolute atomic E-state index is 0.0259. The fourth-order valence-electron chi connectivity index (χ4n) is 5.44. The van der Waals surface area contributed by atoms with Crippen LogP contribution in [0.3, 0.4) is 0 Å². The highest BCUT2D eigenvalue weighted by atomic mass is 16.5. The molecule has 1 amide bonds. The smallest absolute Gasteiger partial charge is 0.251 e. The first-order valence-corrected chi connectivity index (χ1v) is 13.1. The number of nitrogens with zero attached hydrogens (tertiary/aromatic N) is 3. The molecule has 0 atom stereocenters. The molecule has 0 saturated heterocycles. The van der Waals surface area contributed by atoms with Crippen LogP contribution in [0, 0.1) is 20.8 Å². The number of hydrogen-bond donors (Lipinski definition) is 3. The van der Waals surface area contributed by atoms with Crippen molar-refractivity contribution in [3.05, 3.63) is 71.4 Å². The number of rotatable bonds is 7. The Kier molecular flexibility index (Phi) is 6.43. The van der Waals surface area contributed by atoms with Crippen molar-refractivity contribution in [3.8, 4) is 28.1 Å². The van der Waals surface area contributed by atoms with Gasteiger partial charge in [0, 0.05) is 40.7 Å². The van der Waals surface area contributed by atoms with Crippen LogP contribution in [0.15, 0.2) is 53.1 Å². The summed E-state index contributed by atoms with van der Waals surface area (Å²) in [7, 11) is 1.65. The Morgan fingerprint density at radius 3 is 2.55 bits per heavy atom. The van der Waals surface area contributed by atoms with Gasteiger partial charge in [-0.1, -0.05) is 35.5 Å². The van der Waals surface area contributed by atoms with Crippen molar-refractivity contribution in [2.45, 2.75) is 27.2 Å². The van der Waals surface area contributed by atoms with E-state index in [0.29, 0.717) is 35.8 Å². The molecule has 0 saturated carbocycles. The van der Waals surface area contributed by atoms with Crippen LogP contribution in [0.4, 0.5) is 0 Å².